The van der Waals surface area contributed by atoms with Crippen molar-refractivity contribution in [3.8, 4) is 5.75 Å². The fraction of sp³-hybridized carbons (Fsp3) is 0.318. The smallest absolute Gasteiger partial charge is 0.256 e. The number of hydrogen-bond acceptors (Lipinski definition) is 4. The summed E-state index contributed by atoms with van der Waals surface area (Å²) in [5, 5.41) is 3.02. The molecule has 4 rings (SSSR count). The van der Waals surface area contributed by atoms with Gasteiger partial charge in [0.1, 0.15) is 5.75 Å². The van der Waals surface area contributed by atoms with Gasteiger partial charge in [0.15, 0.2) is 6.04 Å². The van der Waals surface area contributed by atoms with E-state index in [2.05, 4.69) is 10.3 Å². The molecule has 28 heavy (non-hydrogen) atoms. The third-order valence-electron chi connectivity index (χ3n) is 5.10. The van der Waals surface area contributed by atoms with Gasteiger partial charge in [-0.05, 0) is 49.6 Å². The molecule has 2 amide bonds. The van der Waals surface area contributed by atoms with Gasteiger partial charge in [0, 0.05) is 41.7 Å². The third-order valence-corrected chi connectivity index (χ3v) is 5.10. The van der Waals surface area contributed by atoms with Crippen LogP contribution in [-0.4, -0.2) is 48.7 Å². The second-order valence-corrected chi connectivity index (χ2v) is 7.09. The topological polar surface area (TPSA) is 71.0 Å². The lowest BCUT2D eigenvalue weighted by atomic mass is 9.89. The van der Waals surface area contributed by atoms with Gasteiger partial charge in [0.2, 0.25) is 0 Å². The predicted molar refractivity (Wildman–Crippen MR) is 108 cm³/mol. The number of rotatable bonds is 6. The van der Waals surface area contributed by atoms with Gasteiger partial charge in [-0.15, -0.1) is 0 Å². The number of carbonyl (C=O) groups is 2. The van der Waals surface area contributed by atoms with Crippen molar-refractivity contribution in [3.05, 3.63) is 59.3 Å². The second-order valence-electron chi connectivity index (χ2n) is 7.09. The summed E-state index contributed by atoms with van der Waals surface area (Å²) in [5.41, 5.74) is 3.05. The standard InChI is InChI=1S/C22H23N3O3/c1-3-4-11-25-13-18(16-9-10-23-20(16)22(25)27)17-12-14(5-8-19(17)28-2)21(26)24-15-6-7-15/h3-5,8-10,12-13,15,20H,6-7,11H2,1-2H3,(H,24,26)/b4-3+. The van der Waals surface area contributed by atoms with Crippen LogP contribution >= 0.6 is 0 Å². The van der Waals surface area contributed by atoms with E-state index in [-0.39, 0.29) is 17.9 Å². The molecule has 1 atom stereocenters. The van der Waals surface area contributed by atoms with E-state index in [1.807, 2.05) is 37.4 Å². The molecule has 1 unspecified atom stereocenters. The third kappa shape index (κ3) is 3.38. The van der Waals surface area contributed by atoms with Gasteiger partial charge in [-0.1, -0.05) is 12.2 Å². The Kier molecular flexibility index (Phi) is 4.86. The highest BCUT2D eigenvalue weighted by Crippen LogP contribution is 2.39. The molecule has 1 aromatic carbocycles. The summed E-state index contributed by atoms with van der Waals surface area (Å²) in [4.78, 5) is 31.3. The molecule has 0 bridgehead atoms. The quantitative estimate of drug-likeness (QED) is 0.775. The molecule has 1 aliphatic carbocycles. The molecule has 6 nitrogen and oxygen atoms in total. The maximum absolute atomic E-state index is 12.7. The molecule has 144 valence electrons. The largest absolute Gasteiger partial charge is 0.496 e. The summed E-state index contributed by atoms with van der Waals surface area (Å²) in [7, 11) is 1.60. The lowest BCUT2D eigenvalue weighted by Crippen LogP contribution is -2.39. The van der Waals surface area contributed by atoms with Gasteiger partial charge in [-0.2, -0.15) is 0 Å². The first-order valence-corrected chi connectivity index (χ1v) is 9.49. The molecule has 3 aliphatic rings. The zero-order chi connectivity index (χ0) is 19.7. The first kappa shape index (κ1) is 18.2. The summed E-state index contributed by atoms with van der Waals surface area (Å²) in [5.74, 6) is 0.516. The molecule has 0 aromatic heterocycles. The van der Waals surface area contributed by atoms with E-state index in [9.17, 15) is 9.59 Å². The number of aliphatic imine (C=N–C) groups is 1. The van der Waals surface area contributed by atoms with Crippen molar-refractivity contribution in [2.45, 2.75) is 31.8 Å². The Labute approximate surface area is 164 Å². The van der Waals surface area contributed by atoms with Crippen LogP contribution in [-0.2, 0) is 4.79 Å². The van der Waals surface area contributed by atoms with Crippen LogP contribution in [0.15, 0.2) is 53.2 Å². The van der Waals surface area contributed by atoms with E-state index in [0.29, 0.717) is 17.9 Å². The number of hydrogen-bond donors (Lipinski definition) is 1. The van der Waals surface area contributed by atoms with E-state index in [1.165, 1.54) is 0 Å². The number of methoxy groups -OCH3 is 1. The number of ether oxygens (including phenoxy) is 1. The lowest BCUT2D eigenvalue weighted by Gasteiger charge is -2.29. The minimum atomic E-state index is -0.543. The maximum atomic E-state index is 12.7. The van der Waals surface area contributed by atoms with Gasteiger partial charge in [-0.3, -0.25) is 14.6 Å². The fourth-order valence-electron chi connectivity index (χ4n) is 3.41. The van der Waals surface area contributed by atoms with E-state index in [0.717, 1.165) is 29.6 Å². The number of amides is 2. The van der Waals surface area contributed by atoms with Crippen molar-refractivity contribution in [1.29, 1.82) is 0 Å². The summed E-state index contributed by atoms with van der Waals surface area (Å²) in [6.07, 6.45) is 11.3. The summed E-state index contributed by atoms with van der Waals surface area (Å²) in [6.45, 7) is 2.39. The van der Waals surface area contributed by atoms with Crippen LogP contribution in [0.1, 0.15) is 35.7 Å². The van der Waals surface area contributed by atoms with Gasteiger partial charge in [0.25, 0.3) is 11.8 Å². The normalized spacial score (nSPS) is 20.9. The van der Waals surface area contributed by atoms with Crippen molar-refractivity contribution >= 4 is 23.6 Å². The van der Waals surface area contributed by atoms with Crippen molar-refractivity contribution in [2.24, 2.45) is 4.99 Å². The first-order chi connectivity index (χ1) is 13.6. The molecule has 1 N–H and O–H groups in total. The van der Waals surface area contributed by atoms with Crippen molar-refractivity contribution in [1.82, 2.24) is 10.2 Å². The van der Waals surface area contributed by atoms with Gasteiger partial charge >= 0.3 is 0 Å². The summed E-state index contributed by atoms with van der Waals surface area (Å²) in [6, 6.07) is 5.15. The molecule has 2 aliphatic heterocycles. The molecule has 1 fully saturated rings. The minimum absolute atomic E-state index is 0.0524. The van der Waals surface area contributed by atoms with Crippen LogP contribution in [0.25, 0.3) is 5.57 Å². The molecule has 1 aromatic rings. The van der Waals surface area contributed by atoms with E-state index < -0.39 is 6.04 Å². The Bertz CT molecular complexity index is 938. The summed E-state index contributed by atoms with van der Waals surface area (Å²) >= 11 is 0. The monoisotopic (exact) mass is 377 g/mol. The lowest BCUT2D eigenvalue weighted by molar-refractivity contribution is -0.128. The van der Waals surface area contributed by atoms with Crippen molar-refractivity contribution < 1.29 is 14.3 Å². The van der Waals surface area contributed by atoms with Gasteiger partial charge in [-0.25, -0.2) is 0 Å². The predicted octanol–water partition coefficient (Wildman–Crippen LogP) is 2.73. The Morgan fingerprint density at radius 2 is 2.21 bits per heavy atom. The highest BCUT2D eigenvalue weighted by Gasteiger charge is 2.36. The highest BCUT2D eigenvalue weighted by molar-refractivity contribution is 6.05. The average Bonchev–Trinajstić information content (AvgIpc) is 3.38. The molecule has 0 spiro atoms. The molecule has 0 radical (unpaired) electrons. The SMILES string of the molecule is C/C=C/CN1C=C(c2cc(C(=O)NC3CC3)ccc2OC)C2=CC=NC2C1=O. The number of benzene rings is 1. The number of allylic oxidation sites excluding steroid dienone is 2. The number of carbonyl (C=O) groups excluding carboxylic acids is 2. The molecule has 6 heteroatoms. The molecule has 0 saturated heterocycles. The molecular formula is C22H23N3O3. The van der Waals surface area contributed by atoms with Crippen LogP contribution in [0, 0.1) is 0 Å². The highest BCUT2D eigenvalue weighted by atomic mass is 16.5. The fourth-order valence-corrected chi connectivity index (χ4v) is 3.41. The minimum Gasteiger partial charge on any atom is -0.496 e. The number of nitrogens with zero attached hydrogens (tertiary/aromatic N) is 2. The Morgan fingerprint density at radius 3 is 2.93 bits per heavy atom. The van der Waals surface area contributed by atoms with Crippen LogP contribution in [0.5, 0.6) is 5.75 Å². The van der Waals surface area contributed by atoms with Crippen LogP contribution < -0.4 is 10.1 Å². The Balaban J connectivity index is 1.76. The van der Waals surface area contributed by atoms with E-state index in [4.69, 9.17) is 4.74 Å². The Morgan fingerprint density at radius 1 is 1.39 bits per heavy atom. The van der Waals surface area contributed by atoms with Crippen molar-refractivity contribution in [3.63, 3.8) is 0 Å². The van der Waals surface area contributed by atoms with Gasteiger partial charge < -0.3 is 15.0 Å². The molecule has 1 saturated carbocycles. The first-order valence-electron chi connectivity index (χ1n) is 9.49. The van der Waals surface area contributed by atoms with Gasteiger partial charge in [0.05, 0.1) is 7.11 Å². The van der Waals surface area contributed by atoms with Crippen LogP contribution in [0.4, 0.5) is 0 Å². The van der Waals surface area contributed by atoms with Crippen molar-refractivity contribution in [2.75, 3.05) is 13.7 Å². The van der Waals surface area contributed by atoms with Crippen LogP contribution in [0.3, 0.4) is 0 Å². The zero-order valence-electron chi connectivity index (χ0n) is 16.0. The number of nitrogens with one attached hydrogen (secondary N) is 1. The zero-order valence-corrected chi connectivity index (χ0v) is 16.0. The maximum Gasteiger partial charge on any atom is 0.256 e. The molecule has 2 heterocycles. The molecular weight excluding hydrogens is 354 g/mol. The van der Waals surface area contributed by atoms with E-state index in [1.54, 1.807) is 30.4 Å². The van der Waals surface area contributed by atoms with E-state index >= 15 is 0 Å². The Hall–Kier alpha value is -3.15. The summed E-state index contributed by atoms with van der Waals surface area (Å²) < 4.78 is 5.56. The van der Waals surface area contributed by atoms with Crippen LogP contribution in [0.2, 0.25) is 0 Å². The second kappa shape index (κ2) is 7.46. The number of fused-ring (bicyclic) bond motifs is 1. The average molecular weight is 377 g/mol.